The largest absolute Gasteiger partial charge is 0.379 e. The Bertz CT molecular complexity index is 336. The van der Waals surface area contributed by atoms with Crippen molar-refractivity contribution in [1.82, 2.24) is 4.90 Å². The van der Waals surface area contributed by atoms with E-state index in [4.69, 9.17) is 4.74 Å². The Labute approximate surface area is 97.5 Å². The lowest BCUT2D eigenvalue weighted by molar-refractivity contribution is 0.0342. The monoisotopic (exact) mass is 217 g/mol. The van der Waals surface area contributed by atoms with Gasteiger partial charge in [0.05, 0.1) is 13.2 Å². The molecule has 0 unspecified atom stereocenters. The Balaban J connectivity index is 1.93. The van der Waals surface area contributed by atoms with Crippen molar-refractivity contribution in [3.63, 3.8) is 0 Å². The zero-order chi connectivity index (χ0) is 11.2. The van der Waals surface area contributed by atoms with Gasteiger partial charge < -0.3 is 4.74 Å². The number of hydrogen-bond donors (Lipinski definition) is 0. The number of morpholine rings is 1. The van der Waals surface area contributed by atoms with Gasteiger partial charge in [-0.2, -0.15) is 0 Å². The van der Waals surface area contributed by atoms with Gasteiger partial charge in [0.15, 0.2) is 0 Å². The minimum absolute atomic E-state index is 0.872. The first-order valence-electron chi connectivity index (χ1n) is 5.90. The molecule has 1 heterocycles. The van der Waals surface area contributed by atoms with E-state index in [1.807, 2.05) is 6.92 Å². The van der Waals surface area contributed by atoms with Gasteiger partial charge in [-0.15, -0.1) is 0 Å². The van der Waals surface area contributed by atoms with Crippen LogP contribution in [0.2, 0.25) is 0 Å². The van der Waals surface area contributed by atoms with Crippen LogP contribution < -0.4 is 0 Å². The molecule has 0 bridgehead atoms. The molecule has 1 aliphatic heterocycles. The van der Waals surface area contributed by atoms with Crippen LogP contribution in [0.4, 0.5) is 0 Å². The number of rotatable bonds is 3. The molecule has 2 heteroatoms. The van der Waals surface area contributed by atoms with Crippen molar-refractivity contribution >= 4 is 6.08 Å². The summed E-state index contributed by atoms with van der Waals surface area (Å²) >= 11 is 0. The van der Waals surface area contributed by atoms with Crippen LogP contribution in [0.5, 0.6) is 0 Å². The van der Waals surface area contributed by atoms with Crippen molar-refractivity contribution in [2.45, 2.75) is 13.5 Å². The van der Waals surface area contributed by atoms with Crippen LogP contribution >= 0.6 is 0 Å². The molecule has 0 amide bonds. The smallest absolute Gasteiger partial charge is 0.0594 e. The van der Waals surface area contributed by atoms with Crippen LogP contribution in [0, 0.1) is 0 Å². The molecule has 1 aliphatic rings. The predicted molar refractivity (Wildman–Crippen MR) is 67.2 cm³/mol. The van der Waals surface area contributed by atoms with E-state index in [0.717, 1.165) is 32.8 Å². The predicted octanol–water partition coefficient (Wildman–Crippen LogP) is 2.55. The standard InChI is InChI=1S/C14H19NO/c1-2-3-13-4-6-14(7-5-13)12-15-8-10-16-11-9-15/h2-7H,8-12H2,1H3/b3-2+. The minimum atomic E-state index is 0.872. The van der Waals surface area contributed by atoms with Gasteiger partial charge in [-0.25, -0.2) is 0 Å². The summed E-state index contributed by atoms with van der Waals surface area (Å²) in [7, 11) is 0. The van der Waals surface area contributed by atoms with Gasteiger partial charge in [-0.05, 0) is 18.1 Å². The SMILES string of the molecule is C/C=C/c1ccc(CN2CCOCC2)cc1. The molecule has 86 valence electrons. The third-order valence-corrected chi connectivity index (χ3v) is 2.85. The van der Waals surface area contributed by atoms with E-state index in [2.05, 4.69) is 41.3 Å². The second-order valence-electron chi connectivity index (χ2n) is 4.13. The van der Waals surface area contributed by atoms with Crippen molar-refractivity contribution in [1.29, 1.82) is 0 Å². The number of nitrogens with zero attached hydrogens (tertiary/aromatic N) is 1. The van der Waals surface area contributed by atoms with E-state index >= 15 is 0 Å². The first kappa shape index (κ1) is 11.4. The summed E-state index contributed by atoms with van der Waals surface area (Å²) in [5.74, 6) is 0. The molecule has 0 saturated carbocycles. The Morgan fingerprint density at radius 3 is 2.50 bits per heavy atom. The normalized spacial score (nSPS) is 18.1. The third kappa shape index (κ3) is 3.19. The summed E-state index contributed by atoms with van der Waals surface area (Å²) < 4.78 is 5.34. The number of hydrogen-bond acceptors (Lipinski definition) is 2. The van der Waals surface area contributed by atoms with Crippen LogP contribution in [0.15, 0.2) is 30.3 Å². The van der Waals surface area contributed by atoms with Crippen LogP contribution in [-0.4, -0.2) is 31.2 Å². The van der Waals surface area contributed by atoms with Crippen LogP contribution in [0.25, 0.3) is 6.08 Å². The summed E-state index contributed by atoms with van der Waals surface area (Å²) in [6, 6.07) is 8.78. The lowest BCUT2D eigenvalue weighted by Gasteiger charge is -2.26. The topological polar surface area (TPSA) is 12.5 Å². The molecular weight excluding hydrogens is 198 g/mol. The summed E-state index contributed by atoms with van der Waals surface area (Å²) in [6.45, 7) is 6.93. The molecule has 0 aliphatic carbocycles. The zero-order valence-electron chi connectivity index (χ0n) is 9.86. The maximum Gasteiger partial charge on any atom is 0.0594 e. The van der Waals surface area contributed by atoms with E-state index < -0.39 is 0 Å². The molecule has 16 heavy (non-hydrogen) atoms. The molecular formula is C14H19NO. The number of allylic oxidation sites excluding steroid dienone is 1. The highest BCUT2D eigenvalue weighted by molar-refractivity contribution is 5.49. The van der Waals surface area contributed by atoms with Gasteiger partial charge in [0.2, 0.25) is 0 Å². The summed E-state index contributed by atoms with van der Waals surface area (Å²) in [5.41, 5.74) is 2.66. The second-order valence-corrected chi connectivity index (χ2v) is 4.13. The minimum Gasteiger partial charge on any atom is -0.379 e. The summed E-state index contributed by atoms with van der Waals surface area (Å²) in [4.78, 5) is 2.44. The van der Waals surface area contributed by atoms with Gasteiger partial charge in [-0.1, -0.05) is 36.4 Å². The Morgan fingerprint density at radius 2 is 1.88 bits per heavy atom. The fourth-order valence-electron chi connectivity index (χ4n) is 1.94. The third-order valence-electron chi connectivity index (χ3n) is 2.85. The van der Waals surface area contributed by atoms with E-state index in [9.17, 15) is 0 Å². The first-order valence-corrected chi connectivity index (χ1v) is 5.90. The van der Waals surface area contributed by atoms with Gasteiger partial charge in [-0.3, -0.25) is 4.90 Å². The lowest BCUT2D eigenvalue weighted by Crippen LogP contribution is -2.35. The van der Waals surface area contributed by atoms with E-state index in [-0.39, 0.29) is 0 Å². The number of benzene rings is 1. The van der Waals surface area contributed by atoms with Crippen molar-refractivity contribution in [2.24, 2.45) is 0 Å². The van der Waals surface area contributed by atoms with Gasteiger partial charge >= 0.3 is 0 Å². The maximum absolute atomic E-state index is 5.34. The molecule has 0 radical (unpaired) electrons. The average molecular weight is 217 g/mol. The first-order chi connectivity index (χ1) is 7.88. The highest BCUT2D eigenvalue weighted by Gasteiger charge is 2.09. The fourth-order valence-corrected chi connectivity index (χ4v) is 1.94. The Hall–Kier alpha value is -1.12. The van der Waals surface area contributed by atoms with Crippen molar-refractivity contribution in [3.8, 4) is 0 Å². The van der Waals surface area contributed by atoms with Crippen LogP contribution in [0.3, 0.4) is 0 Å². The van der Waals surface area contributed by atoms with Crippen molar-refractivity contribution in [2.75, 3.05) is 26.3 Å². The number of ether oxygens (including phenoxy) is 1. The van der Waals surface area contributed by atoms with Gasteiger partial charge in [0, 0.05) is 19.6 Å². The van der Waals surface area contributed by atoms with Crippen LogP contribution in [0.1, 0.15) is 18.1 Å². The van der Waals surface area contributed by atoms with Gasteiger partial charge in [0.25, 0.3) is 0 Å². The highest BCUT2D eigenvalue weighted by Crippen LogP contribution is 2.10. The van der Waals surface area contributed by atoms with E-state index in [1.54, 1.807) is 0 Å². The average Bonchev–Trinajstić information content (AvgIpc) is 2.33. The molecule has 0 atom stereocenters. The summed E-state index contributed by atoms with van der Waals surface area (Å²) in [5, 5.41) is 0. The quantitative estimate of drug-likeness (QED) is 0.771. The Kier molecular flexibility index (Phi) is 4.14. The molecule has 0 spiro atoms. The van der Waals surface area contributed by atoms with E-state index in [1.165, 1.54) is 11.1 Å². The highest BCUT2D eigenvalue weighted by atomic mass is 16.5. The Morgan fingerprint density at radius 1 is 1.19 bits per heavy atom. The molecule has 2 rings (SSSR count). The molecule has 0 N–H and O–H groups in total. The zero-order valence-corrected chi connectivity index (χ0v) is 9.86. The fraction of sp³-hybridized carbons (Fsp3) is 0.429. The molecule has 2 nitrogen and oxygen atoms in total. The van der Waals surface area contributed by atoms with E-state index in [0.29, 0.717) is 0 Å². The maximum atomic E-state index is 5.34. The van der Waals surface area contributed by atoms with Gasteiger partial charge in [0.1, 0.15) is 0 Å². The van der Waals surface area contributed by atoms with Crippen molar-refractivity contribution < 1.29 is 4.74 Å². The molecule has 1 saturated heterocycles. The lowest BCUT2D eigenvalue weighted by atomic mass is 10.1. The van der Waals surface area contributed by atoms with Crippen LogP contribution in [-0.2, 0) is 11.3 Å². The summed E-state index contributed by atoms with van der Waals surface area (Å²) in [6.07, 6.45) is 4.19. The van der Waals surface area contributed by atoms with Crippen molar-refractivity contribution in [3.05, 3.63) is 41.5 Å². The molecule has 1 aromatic rings. The molecule has 1 fully saturated rings. The second kappa shape index (κ2) is 5.83. The molecule has 0 aromatic heterocycles. The molecule has 1 aromatic carbocycles.